The fourth-order valence-electron chi connectivity index (χ4n) is 3.00. The topological polar surface area (TPSA) is 57.4 Å². The van der Waals surface area contributed by atoms with Crippen LogP contribution in [0, 0.1) is 12.8 Å². The highest BCUT2D eigenvalue weighted by Gasteiger charge is 2.42. The molecule has 2 fully saturated rings. The van der Waals surface area contributed by atoms with E-state index in [1.165, 1.54) is 4.88 Å². The van der Waals surface area contributed by atoms with Gasteiger partial charge in [0.1, 0.15) is 0 Å². The first-order valence-corrected chi connectivity index (χ1v) is 7.40. The van der Waals surface area contributed by atoms with Crippen LogP contribution in [0.15, 0.2) is 6.20 Å². The number of aromatic nitrogens is 1. The molecule has 0 aliphatic carbocycles. The molecule has 1 spiro atoms. The molecule has 0 amide bonds. The van der Waals surface area contributed by atoms with Gasteiger partial charge in [-0.05, 0) is 25.7 Å². The molecule has 3 rings (SSSR count). The van der Waals surface area contributed by atoms with E-state index in [1.807, 2.05) is 13.1 Å². The number of hydrogen-bond donors (Lipinski definition) is 1. The SMILES string of the molecule is Cc1ncc(C(N)C2CCOC3(CCOC3)C2)s1. The lowest BCUT2D eigenvalue weighted by Crippen LogP contribution is -2.43. The van der Waals surface area contributed by atoms with Crippen LogP contribution in [0.4, 0.5) is 0 Å². The summed E-state index contributed by atoms with van der Waals surface area (Å²) in [6.45, 7) is 4.39. The predicted octanol–water partition coefficient (Wildman–Crippen LogP) is 2.04. The van der Waals surface area contributed by atoms with Crippen molar-refractivity contribution in [2.75, 3.05) is 19.8 Å². The van der Waals surface area contributed by atoms with Gasteiger partial charge in [-0.1, -0.05) is 0 Å². The maximum absolute atomic E-state index is 6.41. The van der Waals surface area contributed by atoms with Crippen molar-refractivity contribution in [2.24, 2.45) is 11.7 Å². The summed E-state index contributed by atoms with van der Waals surface area (Å²) >= 11 is 1.71. The Morgan fingerprint density at radius 1 is 1.56 bits per heavy atom. The summed E-state index contributed by atoms with van der Waals surface area (Å²) in [6, 6.07) is 0.0950. The van der Waals surface area contributed by atoms with Gasteiger partial charge in [-0.25, -0.2) is 4.98 Å². The zero-order valence-electron chi connectivity index (χ0n) is 10.7. The molecule has 2 aliphatic heterocycles. The maximum Gasteiger partial charge on any atom is 0.0940 e. The number of rotatable bonds is 2. The van der Waals surface area contributed by atoms with E-state index in [0.717, 1.165) is 44.1 Å². The van der Waals surface area contributed by atoms with Gasteiger partial charge in [0.2, 0.25) is 0 Å². The zero-order chi connectivity index (χ0) is 12.6. The first kappa shape index (κ1) is 12.5. The molecular formula is C13H20N2O2S. The van der Waals surface area contributed by atoms with Crippen LogP contribution in [0.25, 0.3) is 0 Å². The molecule has 1 aromatic heterocycles. The van der Waals surface area contributed by atoms with Gasteiger partial charge in [0.25, 0.3) is 0 Å². The highest BCUT2D eigenvalue weighted by Crippen LogP contribution is 2.40. The molecule has 2 aliphatic rings. The third kappa shape index (κ3) is 2.32. The van der Waals surface area contributed by atoms with Crippen molar-refractivity contribution in [2.45, 2.75) is 37.8 Å². The van der Waals surface area contributed by atoms with Crippen LogP contribution in [0.3, 0.4) is 0 Å². The lowest BCUT2D eigenvalue weighted by Gasteiger charge is -2.39. The largest absolute Gasteiger partial charge is 0.378 e. The van der Waals surface area contributed by atoms with Crippen LogP contribution in [0.2, 0.25) is 0 Å². The predicted molar refractivity (Wildman–Crippen MR) is 70.6 cm³/mol. The molecule has 4 nitrogen and oxygen atoms in total. The Morgan fingerprint density at radius 2 is 2.44 bits per heavy atom. The molecule has 0 bridgehead atoms. The fraction of sp³-hybridized carbons (Fsp3) is 0.769. The zero-order valence-corrected chi connectivity index (χ0v) is 11.5. The maximum atomic E-state index is 6.41. The van der Waals surface area contributed by atoms with Crippen LogP contribution in [0.1, 0.15) is 35.2 Å². The van der Waals surface area contributed by atoms with E-state index < -0.39 is 0 Å². The van der Waals surface area contributed by atoms with Crippen molar-refractivity contribution >= 4 is 11.3 Å². The van der Waals surface area contributed by atoms with Crippen molar-refractivity contribution in [3.05, 3.63) is 16.1 Å². The highest BCUT2D eigenvalue weighted by molar-refractivity contribution is 7.11. The number of ether oxygens (including phenoxy) is 2. The van der Waals surface area contributed by atoms with Crippen molar-refractivity contribution in [1.82, 2.24) is 4.98 Å². The Bertz CT molecular complexity index is 415. The van der Waals surface area contributed by atoms with Crippen LogP contribution >= 0.6 is 11.3 Å². The molecule has 3 heterocycles. The lowest BCUT2D eigenvalue weighted by atomic mass is 9.81. The second-order valence-electron chi connectivity index (χ2n) is 5.39. The Labute approximate surface area is 111 Å². The van der Waals surface area contributed by atoms with Crippen LogP contribution in [0.5, 0.6) is 0 Å². The Morgan fingerprint density at radius 3 is 3.11 bits per heavy atom. The molecule has 5 heteroatoms. The van der Waals surface area contributed by atoms with Crippen molar-refractivity contribution in [1.29, 1.82) is 0 Å². The van der Waals surface area contributed by atoms with E-state index in [9.17, 15) is 0 Å². The molecule has 0 aromatic carbocycles. The van der Waals surface area contributed by atoms with E-state index in [0.29, 0.717) is 5.92 Å². The van der Waals surface area contributed by atoms with E-state index >= 15 is 0 Å². The minimum absolute atomic E-state index is 0.0553. The highest BCUT2D eigenvalue weighted by atomic mass is 32.1. The number of nitrogens with two attached hydrogens (primary N) is 1. The van der Waals surface area contributed by atoms with Gasteiger partial charge in [0.05, 0.1) is 17.2 Å². The Balaban J connectivity index is 1.72. The molecule has 2 N–H and O–H groups in total. The average molecular weight is 268 g/mol. The van der Waals surface area contributed by atoms with E-state index in [4.69, 9.17) is 15.2 Å². The van der Waals surface area contributed by atoms with Crippen LogP contribution in [-0.4, -0.2) is 30.4 Å². The molecule has 3 atom stereocenters. The normalized spacial score (nSPS) is 34.0. The minimum Gasteiger partial charge on any atom is -0.378 e. The van der Waals surface area contributed by atoms with Crippen molar-refractivity contribution < 1.29 is 9.47 Å². The second-order valence-corrected chi connectivity index (χ2v) is 6.66. The van der Waals surface area contributed by atoms with Gasteiger partial charge in [0.15, 0.2) is 0 Å². The molecule has 2 saturated heterocycles. The monoisotopic (exact) mass is 268 g/mol. The van der Waals surface area contributed by atoms with Crippen molar-refractivity contribution in [3.63, 3.8) is 0 Å². The number of nitrogens with zero attached hydrogens (tertiary/aromatic N) is 1. The molecular weight excluding hydrogens is 248 g/mol. The van der Waals surface area contributed by atoms with Gasteiger partial charge >= 0.3 is 0 Å². The third-order valence-electron chi connectivity index (χ3n) is 4.07. The molecule has 0 saturated carbocycles. The van der Waals surface area contributed by atoms with E-state index in [1.54, 1.807) is 11.3 Å². The summed E-state index contributed by atoms with van der Waals surface area (Å²) < 4.78 is 11.5. The minimum atomic E-state index is -0.0553. The van der Waals surface area contributed by atoms with Gasteiger partial charge < -0.3 is 15.2 Å². The van der Waals surface area contributed by atoms with Gasteiger partial charge in [-0.2, -0.15) is 0 Å². The third-order valence-corrected chi connectivity index (χ3v) is 5.09. The van der Waals surface area contributed by atoms with Gasteiger partial charge in [0, 0.05) is 36.8 Å². The number of hydrogen-bond acceptors (Lipinski definition) is 5. The van der Waals surface area contributed by atoms with Crippen LogP contribution < -0.4 is 5.73 Å². The quantitative estimate of drug-likeness (QED) is 0.891. The summed E-state index contributed by atoms with van der Waals surface area (Å²) in [7, 11) is 0. The van der Waals surface area contributed by atoms with Gasteiger partial charge in [-0.15, -0.1) is 11.3 Å². The van der Waals surface area contributed by atoms with Crippen molar-refractivity contribution in [3.8, 4) is 0 Å². The average Bonchev–Trinajstić information content (AvgIpc) is 2.98. The standard InChI is InChI=1S/C13H20N2O2S/c1-9-15-7-11(18-9)12(14)10-2-4-17-13(6-10)3-5-16-8-13/h7,10,12H,2-6,8,14H2,1H3. The lowest BCUT2D eigenvalue weighted by molar-refractivity contribution is -0.101. The van der Waals surface area contributed by atoms with E-state index in [2.05, 4.69) is 4.98 Å². The molecule has 3 unspecified atom stereocenters. The summed E-state index contributed by atoms with van der Waals surface area (Å²) in [6.07, 6.45) is 5.00. The number of aryl methyl sites for hydroxylation is 1. The fourth-order valence-corrected chi connectivity index (χ4v) is 3.88. The van der Waals surface area contributed by atoms with Crippen LogP contribution in [-0.2, 0) is 9.47 Å². The molecule has 0 radical (unpaired) electrons. The molecule has 18 heavy (non-hydrogen) atoms. The Hall–Kier alpha value is -0.490. The first-order valence-electron chi connectivity index (χ1n) is 6.58. The smallest absolute Gasteiger partial charge is 0.0940 e. The molecule has 100 valence electrons. The summed E-state index contributed by atoms with van der Waals surface area (Å²) in [5, 5.41) is 1.09. The number of thiazole rings is 1. The summed E-state index contributed by atoms with van der Waals surface area (Å²) in [4.78, 5) is 5.51. The molecule has 1 aromatic rings. The summed E-state index contributed by atoms with van der Waals surface area (Å²) in [5.74, 6) is 0.486. The Kier molecular flexibility index (Phi) is 3.40. The van der Waals surface area contributed by atoms with E-state index in [-0.39, 0.29) is 11.6 Å². The summed E-state index contributed by atoms with van der Waals surface area (Å²) in [5.41, 5.74) is 6.35. The first-order chi connectivity index (χ1) is 8.69. The second kappa shape index (κ2) is 4.89. The van der Waals surface area contributed by atoms with Gasteiger partial charge in [-0.3, -0.25) is 0 Å².